The Bertz CT molecular complexity index is 947. The van der Waals surface area contributed by atoms with Crippen LogP contribution in [0.15, 0.2) is 18.2 Å². The van der Waals surface area contributed by atoms with Gasteiger partial charge in [0, 0.05) is 31.3 Å². The zero-order valence-corrected chi connectivity index (χ0v) is 18.1. The highest BCUT2D eigenvalue weighted by atomic mass is 16.7. The molecular weight excluding hydrogens is 418 g/mol. The van der Waals surface area contributed by atoms with Gasteiger partial charge in [0.1, 0.15) is 12.1 Å². The summed E-state index contributed by atoms with van der Waals surface area (Å²) in [4.78, 5) is 53.0. The lowest BCUT2D eigenvalue weighted by atomic mass is 10.00. The molecule has 3 atom stereocenters. The van der Waals surface area contributed by atoms with E-state index in [-0.39, 0.29) is 37.5 Å². The third-order valence-electron chi connectivity index (χ3n) is 6.22. The van der Waals surface area contributed by atoms with Gasteiger partial charge in [-0.05, 0) is 30.9 Å². The lowest BCUT2D eigenvalue weighted by Crippen LogP contribution is -2.54. The Balaban J connectivity index is 1.43. The summed E-state index contributed by atoms with van der Waals surface area (Å²) >= 11 is 0. The number of anilines is 1. The van der Waals surface area contributed by atoms with Crippen molar-refractivity contribution >= 4 is 29.4 Å². The summed E-state index contributed by atoms with van der Waals surface area (Å²) in [7, 11) is 0. The number of rotatable bonds is 6. The Morgan fingerprint density at radius 2 is 1.94 bits per heavy atom. The summed E-state index contributed by atoms with van der Waals surface area (Å²) in [6.07, 6.45) is 1.05. The minimum atomic E-state index is -1.04. The van der Waals surface area contributed by atoms with Crippen LogP contribution < -0.4 is 19.7 Å². The minimum absolute atomic E-state index is 0.0285. The van der Waals surface area contributed by atoms with Gasteiger partial charge in [-0.2, -0.15) is 0 Å². The number of aliphatic carboxylic acids is 1. The summed E-state index contributed by atoms with van der Waals surface area (Å²) < 4.78 is 10.7. The molecule has 0 bridgehead atoms. The number of carboxylic acid groups (broad SMARTS) is 1. The second-order valence-corrected chi connectivity index (χ2v) is 8.70. The Kier molecular flexibility index (Phi) is 5.94. The van der Waals surface area contributed by atoms with Gasteiger partial charge < -0.3 is 29.7 Å². The molecule has 3 aliphatic heterocycles. The first kappa shape index (κ1) is 21.9. The Hall–Kier alpha value is -3.30. The maximum Gasteiger partial charge on any atom is 0.326 e. The fourth-order valence-corrected chi connectivity index (χ4v) is 4.44. The lowest BCUT2D eigenvalue weighted by Gasteiger charge is -2.30. The lowest BCUT2D eigenvalue weighted by molar-refractivity contribution is -0.150. The van der Waals surface area contributed by atoms with Gasteiger partial charge in [0.05, 0.1) is 5.92 Å². The van der Waals surface area contributed by atoms with Crippen molar-refractivity contribution in [3.8, 4) is 11.5 Å². The van der Waals surface area contributed by atoms with Gasteiger partial charge in [0.25, 0.3) is 0 Å². The molecule has 10 nitrogen and oxygen atoms in total. The molecule has 2 saturated heterocycles. The number of hydrogen-bond acceptors (Lipinski definition) is 6. The summed E-state index contributed by atoms with van der Waals surface area (Å²) in [6, 6.07) is 3.46. The zero-order chi connectivity index (χ0) is 23.0. The zero-order valence-electron chi connectivity index (χ0n) is 18.1. The van der Waals surface area contributed by atoms with E-state index in [0.29, 0.717) is 36.6 Å². The molecule has 2 N–H and O–H groups in total. The van der Waals surface area contributed by atoms with Gasteiger partial charge >= 0.3 is 5.97 Å². The van der Waals surface area contributed by atoms with E-state index in [1.54, 1.807) is 32.0 Å². The van der Waals surface area contributed by atoms with E-state index >= 15 is 0 Å². The standard InChI is InChI=1S/C22H27N3O7/c1-12(2)19(21(28)24-7-3-4-15(24)22(29)30)23-20(27)13-8-18(26)25(10-13)14-5-6-16-17(9-14)32-11-31-16/h5-6,9,12-13,15,19H,3-4,7-8,10-11H2,1-2H3,(H,23,27)(H,29,30). The van der Waals surface area contributed by atoms with Crippen molar-refractivity contribution in [1.82, 2.24) is 10.2 Å². The number of ether oxygens (including phenoxy) is 2. The van der Waals surface area contributed by atoms with E-state index in [1.807, 2.05) is 0 Å². The molecular formula is C22H27N3O7. The van der Waals surface area contributed by atoms with Crippen molar-refractivity contribution in [1.29, 1.82) is 0 Å². The van der Waals surface area contributed by atoms with Crippen LogP contribution in [0.2, 0.25) is 0 Å². The van der Waals surface area contributed by atoms with Gasteiger partial charge in [-0.15, -0.1) is 0 Å². The quantitative estimate of drug-likeness (QED) is 0.669. The molecule has 2 fully saturated rings. The van der Waals surface area contributed by atoms with Crippen LogP contribution in [0.5, 0.6) is 11.5 Å². The van der Waals surface area contributed by atoms with Crippen molar-refractivity contribution in [3.63, 3.8) is 0 Å². The summed E-state index contributed by atoms with van der Waals surface area (Å²) in [5.41, 5.74) is 0.618. The second-order valence-electron chi connectivity index (χ2n) is 8.70. The number of nitrogens with one attached hydrogen (secondary N) is 1. The summed E-state index contributed by atoms with van der Waals surface area (Å²) in [6.45, 7) is 4.27. The van der Waals surface area contributed by atoms with Crippen molar-refractivity contribution in [2.45, 2.75) is 45.2 Å². The van der Waals surface area contributed by atoms with Gasteiger partial charge in [-0.25, -0.2) is 4.79 Å². The minimum Gasteiger partial charge on any atom is -0.480 e. The van der Waals surface area contributed by atoms with Gasteiger partial charge in [0.2, 0.25) is 24.5 Å². The van der Waals surface area contributed by atoms with Crippen LogP contribution in [0.1, 0.15) is 33.1 Å². The van der Waals surface area contributed by atoms with Crippen LogP contribution in [0.4, 0.5) is 5.69 Å². The molecule has 3 heterocycles. The number of nitrogens with zero attached hydrogens (tertiary/aromatic N) is 2. The Morgan fingerprint density at radius 3 is 2.66 bits per heavy atom. The van der Waals surface area contributed by atoms with Crippen LogP contribution in [0.3, 0.4) is 0 Å². The smallest absolute Gasteiger partial charge is 0.326 e. The van der Waals surface area contributed by atoms with Crippen molar-refractivity contribution in [2.75, 3.05) is 24.8 Å². The molecule has 0 aromatic heterocycles. The highest BCUT2D eigenvalue weighted by molar-refractivity contribution is 6.01. The molecule has 0 radical (unpaired) electrons. The number of carbonyl (C=O) groups excluding carboxylic acids is 3. The second kappa shape index (κ2) is 8.68. The molecule has 3 amide bonds. The average Bonchev–Trinajstić information content (AvgIpc) is 3.49. The number of amides is 3. The molecule has 10 heteroatoms. The molecule has 32 heavy (non-hydrogen) atoms. The van der Waals surface area contributed by atoms with Crippen molar-refractivity contribution in [3.05, 3.63) is 18.2 Å². The van der Waals surface area contributed by atoms with E-state index in [0.717, 1.165) is 0 Å². The first-order valence-electron chi connectivity index (χ1n) is 10.8. The van der Waals surface area contributed by atoms with Crippen LogP contribution in [0.25, 0.3) is 0 Å². The van der Waals surface area contributed by atoms with E-state index in [9.17, 15) is 24.3 Å². The monoisotopic (exact) mass is 445 g/mol. The molecule has 1 aromatic rings. The third kappa shape index (κ3) is 4.09. The first-order chi connectivity index (χ1) is 15.3. The van der Waals surface area contributed by atoms with Crippen LogP contribution >= 0.6 is 0 Å². The fraction of sp³-hybridized carbons (Fsp3) is 0.545. The maximum atomic E-state index is 13.1. The summed E-state index contributed by atoms with van der Waals surface area (Å²) in [5, 5.41) is 12.2. The number of carbonyl (C=O) groups is 4. The van der Waals surface area contributed by atoms with Gasteiger partial charge in [-0.3, -0.25) is 14.4 Å². The topological polar surface area (TPSA) is 125 Å². The number of hydrogen-bond donors (Lipinski definition) is 2. The van der Waals surface area contributed by atoms with Gasteiger partial charge in [0.15, 0.2) is 11.5 Å². The number of benzene rings is 1. The molecule has 0 spiro atoms. The predicted molar refractivity (Wildman–Crippen MR) is 112 cm³/mol. The third-order valence-corrected chi connectivity index (χ3v) is 6.22. The van der Waals surface area contributed by atoms with E-state index in [4.69, 9.17) is 9.47 Å². The van der Waals surface area contributed by atoms with Gasteiger partial charge in [-0.1, -0.05) is 13.8 Å². The molecule has 0 saturated carbocycles. The molecule has 1 aromatic carbocycles. The summed E-state index contributed by atoms with van der Waals surface area (Å²) in [5.74, 6) is -1.71. The molecule has 4 rings (SSSR count). The fourth-order valence-electron chi connectivity index (χ4n) is 4.44. The van der Waals surface area contributed by atoms with E-state index in [2.05, 4.69) is 5.32 Å². The highest BCUT2D eigenvalue weighted by Crippen LogP contribution is 2.37. The normalized spacial score (nSPS) is 23.0. The van der Waals surface area contributed by atoms with E-state index in [1.165, 1.54) is 9.80 Å². The van der Waals surface area contributed by atoms with Crippen LogP contribution in [-0.4, -0.2) is 65.7 Å². The molecule has 3 unspecified atom stereocenters. The SMILES string of the molecule is CC(C)C(NC(=O)C1CC(=O)N(c2ccc3c(c2)OCO3)C1)C(=O)N1CCCC1C(=O)O. The highest BCUT2D eigenvalue weighted by Gasteiger charge is 2.41. The predicted octanol–water partition coefficient (Wildman–Crippen LogP) is 0.985. The molecule has 3 aliphatic rings. The Morgan fingerprint density at radius 1 is 1.19 bits per heavy atom. The average molecular weight is 445 g/mol. The largest absolute Gasteiger partial charge is 0.480 e. The van der Waals surface area contributed by atoms with Crippen molar-refractivity contribution < 1.29 is 33.8 Å². The van der Waals surface area contributed by atoms with Crippen LogP contribution in [-0.2, 0) is 19.2 Å². The number of fused-ring (bicyclic) bond motifs is 1. The molecule has 172 valence electrons. The maximum absolute atomic E-state index is 13.1. The van der Waals surface area contributed by atoms with E-state index < -0.39 is 29.9 Å². The number of carboxylic acids is 1. The Labute approximate surface area is 185 Å². The van der Waals surface area contributed by atoms with Crippen molar-refractivity contribution in [2.24, 2.45) is 11.8 Å². The first-order valence-corrected chi connectivity index (χ1v) is 10.8. The number of likely N-dealkylation sites (tertiary alicyclic amines) is 1. The molecule has 0 aliphatic carbocycles. The van der Waals surface area contributed by atoms with Crippen LogP contribution in [0, 0.1) is 11.8 Å².